The Morgan fingerprint density at radius 3 is 2.84 bits per heavy atom. The van der Waals surface area contributed by atoms with Crippen LogP contribution in [0.25, 0.3) is 0 Å². The van der Waals surface area contributed by atoms with Crippen LogP contribution in [0.2, 0.25) is 0 Å². The Morgan fingerprint density at radius 2 is 2.16 bits per heavy atom. The van der Waals surface area contributed by atoms with E-state index in [0.717, 1.165) is 31.1 Å². The number of ether oxygens (including phenoxy) is 1. The van der Waals surface area contributed by atoms with Gasteiger partial charge in [-0.05, 0) is 73.7 Å². The molecule has 0 spiro atoms. The summed E-state index contributed by atoms with van der Waals surface area (Å²) in [6, 6.07) is 7.00. The van der Waals surface area contributed by atoms with E-state index >= 15 is 0 Å². The Kier molecular flexibility index (Phi) is 4.55. The van der Waals surface area contributed by atoms with Crippen LogP contribution in [0.4, 0.5) is 0 Å². The summed E-state index contributed by atoms with van der Waals surface area (Å²) < 4.78 is 5.49. The first-order valence-electron chi connectivity index (χ1n) is 9.77. The van der Waals surface area contributed by atoms with E-state index in [2.05, 4.69) is 30.0 Å². The number of piperidine rings is 1. The summed E-state index contributed by atoms with van der Waals surface area (Å²) in [5.41, 5.74) is 2.68. The highest BCUT2D eigenvalue weighted by Crippen LogP contribution is 2.52. The molecule has 0 radical (unpaired) electrons. The largest absolute Gasteiger partial charge is 0.497 e. The maximum Gasteiger partial charge on any atom is 0.119 e. The molecule has 4 rings (SSSR count). The quantitative estimate of drug-likeness (QED) is 0.831. The summed E-state index contributed by atoms with van der Waals surface area (Å²) in [4.78, 5) is 2.71. The molecule has 1 saturated heterocycles. The normalized spacial score (nSPS) is 33.0. The molecule has 1 aliphatic heterocycles. The lowest BCUT2D eigenvalue weighted by Gasteiger charge is -2.56. The molecule has 3 aliphatic rings. The molecule has 4 heteroatoms. The monoisotopic (exact) mass is 345 g/mol. The van der Waals surface area contributed by atoms with Crippen LogP contribution in [-0.4, -0.2) is 54.1 Å². The molecule has 1 aromatic rings. The van der Waals surface area contributed by atoms with Gasteiger partial charge in [0.1, 0.15) is 5.75 Å². The maximum atomic E-state index is 10.3. The molecule has 1 heterocycles. The van der Waals surface area contributed by atoms with Crippen LogP contribution in [0.15, 0.2) is 18.2 Å². The predicted octanol–water partition coefficient (Wildman–Crippen LogP) is 2.35. The lowest BCUT2D eigenvalue weighted by Crippen LogP contribution is -2.60. The minimum Gasteiger partial charge on any atom is -0.497 e. The van der Waals surface area contributed by atoms with Crippen molar-refractivity contribution in [2.75, 3.05) is 26.8 Å². The van der Waals surface area contributed by atoms with Crippen LogP contribution >= 0.6 is 0 Å². The fraction of sp³-hybridized carbons (Fsp3) is 0.714. The average molecular weight is 345 g/mol. The van der Waals surface area contributed by atoms with E-state index in [9.17, 15) is 10.2 Å². The van der Waals surface area contributed by atoms with Gasteiger partial charge in [0, 0.05) is 18.0 Å². The van der Waals surface area contributed by atoms with Gasteiger partial charge in [-0.2, -0.15) is 0 Å². The van der Waals surface area contributed by atoms with Gasteiger partial charge in [0.15, 0.2) is 0 Å². The number of methoxy groups -OCH3 is 1. The van der Waals surface area contributed by atoms with E-state index in [0.29, 0.717) is 18.4 Å². The molecule has 2 bridgehead atoms. The van der Waals surface area contributed by atoms with E-state index in [4.69, 9.17) is 4.74 Å². The number of likely N-dealkylation sites (tertiary alicyclic amines) is 1. The minimum absolute atomic E-state index is 0.0605. The summed E-state index contributed by atoms with van der Waals surface area (Å²) in [5.74, 6) is 2.27. The third-order valence-corrected chi connectivity index (χ3v) is 7.05. The Labute approximate surface area is 150 Å². The molecule has 0 amide bonds. The highest BCUT2D eigenvalue weighted by atomic mass is 16.5. The predicted molar refractivity (Wildman–Crippen MR) is 98.0 cm³/mol. The third-order valence-electron chi connectivity index (χ3n) is 7.05. The number of aliphatic hydroxyl groups excluding tert-OH is 2. The van der Waals surface area contributed by atoms with Gasteiger partial charge in [-0.3, -0.25) is 4.90 Å². The third kappa shape index (κ3) is 2.98. The van der Waals surface area contributed by atoms with Gasteiger partial charge >= 0.3 is 0 Å². The summed E-state index contributed by atoms with van der Waals surface area (Å²) in [7, 11) is 1.71. The zero-order valence-corrected chi connectivity index (χ0v) is 15.4. The minimum atomic E-state index is -0.657. The van der Waals surface area contributed by atoms with Crippen molar-refractivity contribution in [2.24, 2.45) is 11.8 Å². The standard InChI is InChI=1S/C21H31NO3/c1-14-20-9-16-5-6-18(25-2)10-19(16)21(14,11-17(24)13-23)7-8-22(20)12-15-3-4-15/h5-6,10,14-15,17,20,23-24H,3-4,7-9,11-13H2,1-2H3/t14-,17?,20?,21+/m0/s1. The average Bonchev–Trinajstić information content (AvgIpc) is 3.43. The van der Waals surface area contributed by atoms with Gasteiger partial charge < -0.3 is 14.9 Å². The second-order valence-electron chi connectivity index (χ2n) is 8.47. The van der Waals surface area contributed by atoms with Crippen molar-refractivity contribution in [3.05, 3.63) is 29.3 Å². The van der Waals surface area contributed by atoms with Crippen LogP contribution in [0.5, 0.6) is 5.75 Å². The smallest absolute Gasteiger partial charge is 0.119 e. The molecule has 0 aromatic heterocycles. The van der Waals surface area contributed by atoms with Gasteiger partial charge in [-0.1, -0.05) is 13.0 Å². The van der Waals surface area contributed by atoms with Crippen LogP contribution in [0, 0.1) is 11.8 Å². The summed E-state index contributed by atoms with van der Waals surface area (Å²) in [5, 5.41) is 19.8. The Balaban J connectivity index is 1.73. The summed E-state index contributed by atoms with van der Waals surface area (Å²) in [6.45, 7) is 4.53. The molecular weight excluding hydrogens is 314 g/mol. The number of rotatable bonds is 6. The van der Waals surface area contributed by atoms with E-state index < -0.39 is 6.10 Å². The first-order chi connectivity index (χ1) is 12.1. The number of fused-ring (bicyclic) bond motifs is 4. The molecule has 138 valence electrons. The van der Waals surface area contributed by atoms with Crippen LogP contribution < -0.4 is 4.74 Å². The first kappa shape index (κ1) is 17.3. The highest BCUT2D eigenvalue weighted by molar-refractivity contribution is 5.45. The zero-order valence-electron chi connectivity index (χ0n) is 15.4. The molecule has 25 heavy (non-hydrogen) atoms. The second kappa shape index (κ2) is 6.57. The number of hydrogen-bond donors (Lipinski definition) is 2. The van der Waals surface area contributed by atoms with Crippen molar-refractivity contribution in [1.82, 2.24) is 4.90 Å². The van der Waals surface area contributed by atoms with Crippen molar-refractivity contribution in [1.29, 1.82) is 0 Å². The van der Waals surface area contributed by atoms with Gasteiger partial charge in [0.2, 0.25) is 0 Å². The highest BCUT2D eigenvalue weighted by Gasteiger charge is 2.52. The molecule has 2 fully saturated rings. The SMILES string of the molecule is COc1ccc2c(c1)[C@@]1(CC(O)CO)CCN(CC3CC3)C(C2)[C@@H]1C. The van der Waals surface area contributed by atoms with E-state index in [1.165, 1.54) is 30.5 Å². The Morgan fingerprint density at radius 1 is 1.36 bits per heavy atom. The Bertz CT molecular complexity index is 630. The first-order valence-corrected chi connectivity index (χ1v) is 9.77. The molecule has 1 aromatic carbocycles. The molecule has 2 aliphatic carbocycles. The van der Waals surface area contributed by atoms with Crippen molar-refractivity contribution in [3.63, 3.8) is 0 Å². The summed E-state index contributed by atoms with van der Waals surface area (Å²) in [6.07, 6.45) is 4.90. The zero-order chi connectivity index (χ0) is 17.6. The lowest BCUT2D eigenvalue weighted by molar-refractivity contribution is -0.0172. The Hall–Kier alpha value is -1.10. The van der Waals surface area contributed by atoms with Crippen LogP contribution in [0.1, 0.15) is 43.7 Å². The molecule has 2 N–H and O–H groups in total. The van der Waals surface area contributed by atoms with Crippen molar-refractivity contribution in [2.45, 2.75) is 56.6 Å². The fourth-order valence-corrected chi connectivity index (χ4v) is 5.40. The number of nitrogens with zero attached hydrogens (tertiary/aromatic N) is 1. The fourth-order valence-electron chi connectivity index (χ4n) is 5.40. The van der Waals surface area contributed by atoms with E-state index in [1.54, 1.807) is 7.11 Å². The number of benzene rings is 1. The number of hydrogen-bond acceptors (Lipinski definition) is 4. The second-order valence-corrected chi connectivity index (χ2v) is 8.47. The molecule has 4 atom stereocenters. The van der Waals surface area contributed by atoms with Gasteiger partial charge in [-0.15, -0.1) is 0 Å². The van der Waals surface area contributed by atoms with Gasteiger partial charge in [0.05, 0.1) is 19.8 Å². The topological polar surface area (TPSA) is 52.9 Å². The van der Waals surface area contributed by atoms with Crippen molar-refractivity contribution >= 4 is 0 Å². The van der Waals surface area contributed by atoms with Crippen LogP contribution in [-0.2, 0) is 11.8 Å². The molecule has 1 saturated carbocycles. The molecule has 4 nitrogen and oxygen atoms in total. The summed E-state index contributed by atoms with van der Waals surface area (Å²) >= 11 is 0. The maximum absolute atomic E-state index is 10.3. The number of aliphatic hydroxyl groups is 2. The van der Waals surface area contributed by atoms with Crippen molar-refractivity contribution < 1.29 is 14.9 Å². The molecule has 2 unspecified atom stereocenters. The van der Waals surface area contributed by atoms with Gasteiger partial charge in [0.25, 0.3) is 0 Å². The van der Waals surface area contributed by atoms with Crippen LogP contribution in [0.3, 0.4) is 0 Å². The van der Waals surface area contributed by atoms with Gasteiger partial charge in [-0.25, -0.2) is 0 Å². The molecular formula is C21H31NO3. The van der Waals surface area contributed by atoms with E-state index in [1.807, 2.05) is 0 Å². The lowest BCUT2D eigenvalue weighted by atomic mass is 9.56. The van der Waals surface area contributed by atoms with E-state index in [-0.39, 0.29) is 12.0 Å². The van der Waals surface area contributed by atoms with Crippen molar-refractivity contribution in [3.8, 4) is 5.75 Å².